The number of ether oxygens (including phenoxy) is 2. The second kappa shape index (κ2) is 6.79. The molecule has 126 valence electrons. The molecule has 1 unspecified atom stereocenters. The fourth-order valence-electron chi connectivity index (χ4n) is 3.61. The van der Waals surface area contributed by atoms with Gasteiger partial charge in [-0.15, -0.1) is 0 Å². The van der Waals surface area contributed by atoms with Crippen molar-refractivity contribution >= 4 is 6.09 Å². The first kappa shape index (κ1) is 16.1. The van der Waals surface area contributed by atoms with E-state index in [4.69, 9.17) is 9.47 Å². The topological polar surface area (TPSA) is 42.0 Å². The van der Waals surface area contributed by atoms with Gasteiger partial charge in [-0.1, -0.05) is 25.1 Å². The number of hydrogen-bond acceptors (Lipinski definition) is 4. The van der Waals surface area contributed by atoms with Crippen molar-refractivity contribution in [2.45, 2.75) is 31.8 Å². The van der Waals surface area contributed by atoms with Gasteiger partial charge in [-0.3, -0.25) is 4.90 Å². The lowest BCUT2D eigenvalue weighted by atomic mass is 9.93. The summed E-state index contributed by atoms with van der Waals surface area (Å²) in [5.41, 5.74) is 0.930. The number of benzene rings is 1. The van der Waals surface area contributed by atoms with E-state index in [-0.39, 0.29) is 11.7 Å². The number of piperidine rings is 1. The molecule has 0 aliphatic carbocycles. The normalized spacial score (nSPS) is 25.0. The van der Waals surface area contributed by atoms with Gasteiger partial charge in [0.2, 0.25) is 0 Å². The Morgan fingerprint density at radius 1 is 1.30 bits per heavy atom. The largest absolute Gasteiger partial charge is 0.492 e. The summed E-state index contributed by atoms with van der Waals surface area (Å²) in [6.07, 6.45) is 2.80. The summed E-state index contributed by atoms with van der Waals surface area (Å²) >= 11 is 0. The fraction of sp³-hybridized carbons (Fsp3) is 0.611. The van der Waals surface area contributed by atoms with Crippen LogP contribution in [-0.2, 0) is 11.2 Å². The van der Waals surface area contributed by atoms with Crippen LogP contribution in [0.2, 0.25) is 0 Å². The maximum atomic E-state index is 11.7. The van der Waals surface area contributed by atoms with E-state index < -0.39 is 0 Å². The van der Waals surface area contributed by atoms with Gasteiger partial charge in [0.05, 0.1) is 6.54 Å². The van der Waals surface area contributed by atoms with E-state index in [0.29, 0.717) is 13.2 Å². The van der Waals surface area contributed by atoms with Crippen LogP contribution in [0.4, 0.5) is 4.79 Å². The van der Waals surface area contributed by atoms with Gasteiger partial charge >= 0.3 is 6.09 Å². The molecule has 0 N–H and O–H groups in total. The van der Waals surface area contributed by atoms with E-state index >= 15 is 0 Å². The Bertz CT molecular complexity index is 563. The summed E-state index contributed by atoms with van der Waals surface area (Å²) < 4.78 is 11.6. The second-order valence-corrected chi connectivity index (χ2v) is 6.60. The summed E-state index contributed by atoms with van der Waals surface area (Å²) in [6, 6.07) is 8.20. The minimum atomic E-state index is -0.314. The molecule has 0 saturated carbocycles. The smallest absolute Gasteiger partial charge is 0.410 e. The Balaban J connectivity index is 1.52. The predicted octanol–water partition coefficient (Wildman–Crippen LogP) is 2.54. The molecule has 0 aromatic heterocycles. The lowest BCUT2D eigenvalue weighted by molar-refractivity contribution is -0.0117. The first-order chi connectivity index (χ1) is 11.1. The highest BCUT2D eigenvalue weighted by Gasteiger charge is 2.46. The molecule has 2 saturated heterocycles. The van der Waals surface area contributed by atoms with E-state index in [1.54, 1.807) is 11.9 Å². The van der Waals surface area contributed by atoms with Gasteiger partial charge in [0.25, 0.3) is 0 Å². The Kier molecular flexibility index (Phi) is 4.76. The Morgan fingerprint density at radius 2 is 2.13 bits per heavy atom. The molecular formula is C18H26N2O3. The van der Waals surface area contributed by atoms with Crippen LogP contribution in [0, 0.1) is 0 Å². The van der Waals surface area contributed by atoms with E-state index in [0.717, 1.165) is 44.6 Å². The highest BCUT2D eigenvalue weighted by Crippen LogP contribution is 2.31. The molecule has 2 fully saturated rings. The number of nitrogens with zero attached hydrogens (tertiary/aromatic N) is 2. The van der Waals surface area contributed by atoms with Crippen molar-refractivity contribution in [1.29, 1.82) is 0 Å². The first-order valence-corrected chi connectivity index (χ1v) is 8.49. The zero-order valence-electron chi connectivity index (χ0n) is 14.1. The van der Waals surface area contributed by atoms with Crippen molar-refractivity contribution in [3.8, 4) is 5.75 Å². The van der Waals surface area contributed by atoms with Crippen molar-refractivity contribution < 1.29 is 14.3 Å². The van der Waals surface area contributed by atoms with Crippen LogP contribution < -0.4 is 4.74 Å². The lowest BCUT2D eigenvalue weighted by Crippen LogP contribution is -2.51. The van der Waals surface area contributed by atoms with Crippen LogP contribution in [0.25, 0.3) is 0 Å². The molecule has 5 heteroatoms. The number of likely N-dealkylation sites (N-methyl/N-ethyl adjacent to an activating group) is 1. The van der Waals surface area contributed by atoms with Gasteiger partial charge in [0.15, 0.2) is 0 Å². The standard InChI is InChI=1S/C18H26N2O3/c1-3-15-7-4-5-8-16(15)22-12-11-20-10-6-9-18(14-20)13-19(2)17(21)23-18/h4-5,7-8H,3,6,9-14H2,1-2H3. The van der Waals surface area contributed by atoms with Gasteiger partial charge < -0.3 is 14.4 Å². The van der Waals surface area contributed by atoms with Crippen LogP contribution in [0.5, 0.6) is 5.75 Å². The quantitative estimate of drug-likeness (QED) is 0.837. The summed E-state index contributed by atoms with van der Waals surface area (Å²) in [5.74, 6) is 0.980. The van der Waals surface area contributed by atoms with Crippen molar-refractivity contribution in [1.82, 2.24) is 9.80 Å². The molecule has 2 aliphatic rings. The molecule has 1 amide bonds. The molecule has 1 aromatic carbocycles. The maximum Gasteiger partial charge on any atom is 0.410 e. The molecule has 1 atom stereocenters. The summed E-state index contributed by atoms with van der Waals surface area (Å²) in [5, 5.41) is 0. The summed E-state index contributed by atoms with van der Waals surface area (Å²) in [6.45, 7) is 6.21. The molecule has 0 radical (unpaired) electrons. The average Bonchev–Trinajstić information content (AvgIpc) is 2.81. The minimum Gasteiger partial charge on any atom is -0.492 e. The molecule has 0 bridgehead atoms. The first-order valence-electron chi connectivity index (χ1n) is 8.49. The molecule has 1 spiro atoms. The molecule has 5 nitrogen and oxygen atoms in total. The van der Waals surface area contributed by atoms with Crippen LogP contribution in [0.1, 0.15) is 25.3 Å². The van der Waals surface area contributed by atoms with E-state index in [1.807, 2.05) is 18.2 Å². The zero-order valence-corrected chi connectivity index (χ0v) is 14.1. The van der Waals surface area contributed by atoms with Crippen LogP contribution in [0.3, 0.4) is 0 Å². The second-order valence-electron chi connectivity index (χ2n) is 6.60. The molecule has 2 aliphatic heterocycles. The molecular weight excluding hydrogens is 292 g/mol. The Labute approximate surface area is 138 Å². The molecule has 1 aromatic rings. The van der Waals surface area contributed by atoms with E-state index in [1.165, 1.54) is 5.56 Å². The van der Waals surface area contributed by atoms with Gasteiger partial charge in [-0.25, -0.2) is 4.79 Å². The number of likely N-dealkylation sites (tertiary alicyclic amines) is 1. The van der Waals surface area contributed by atoms with Crippen molar-refractivity contribution in [2.24, 2.45) is 0 Å². The summed E-state index contributed by atoms with van der Waals surface area (Å²) in [4.78, 5) is 15.7. The monoisotopic (exact) mass is 318 g/mol. The number of hydrogen-bond donors (Lipinski definition) is 0. The van der Waals surface area contributed by atoms with Gasteiger partial charge in [-0.2, -0.15) is 0 Å². The predicted molar refractivity (Wildman–Crippen MR) is 88.8 cm³/mol. The molecule has 23 heavy (non-hydrogen) atoms. The number of para-hydroxylation sites is 1. The number of carbonyl (C=O) groups excluding carboxylic acids is 1. The number of amides is 1. The Hall–Kier alpha value is -1.75. The fourth-order valence-corrected chi connectivity index (χ4v) is 3.61. The third-order valence-electron chi connectivity index (χ3n) is 4.78. The molecule has 2 heterocycles. The number of carbonyl (C=O) groups is 1. The van der Waals surface area contributed by atoms with Crippen LogP contribution >= 0.6 is 0 Å². The zero-order chi connectivity index (χ0) is 16.3. The average molecular weight is 318 g/mol. The number of aryl methyl sites for hydroxylation is 1. The van der Waals surface area contributed by atoms with E-state index in [2.05, 4.69) is 17.9 Å². The van der Waals surface area contributed by atoms with Gasteiger partial charge in [0.1, 0.15) is 18.0 Å². The molecule has 3 rings (SSSR count). The number of rotatable bonds is 5. The SMILES string of the molecule is CCc1ccccc1OCCN1CCCC2(C1)CN(C)C(=O)O2. The van der Waals surface area contributed by atoms with Gasteiger partial charge in [0, 0.05) is 20.1 Å². The third-order valence-corrected chi connectivity index (χ3v) is 4.78. The van der Waals surface area contributed by atoms with Crippen molar-refractivity contribution in [3.63, 3.8) is 0 Å². The highest BCUT2D eigenvalue weighted by molar-refractivity contribution is 5.70. The highest BCUT2D eigenvalue weighted by atomic mass is 16.6. The van der Waals surface area contributed by atoms with Gasteiger partial charge in [-0.05, 0) is 37.4 Å². The lowest BCUT2D eigenvalue weighted by Gasteiger charge is -2.38. The van der Waals surface area contributed by atoms with Crippen molar-refractivity contribution in [2.75, 3.05) is 39.8 Å². The van der Waals surface area contributed by atoms with Crippen LogP contribution in [0.15, 0.2) is 24.3 Å². The third kappa shape index (κ3) is 3.61. The minimum absolute atomic E-state index is 0.194. The van der Waals surface area contributed by atoms with E-state index in [9.17, 15) is 4.79 Å². The maximum absolute atomic E-state index is 11.7. The van der Waals surface area contributed by atoms with Crippen LogP contribution in [-0.4, -0.2) is 61.3 Å². The summed E-state index contributed by atoms with van der Waals surface area (Å²) in [7, 11) is 1.81. The van der Waals surface area contributed by atoms with Crippen molar-refractivity contribution in [3.05, 3.63) is 29.8 Å². The Morgan fingerprint density at radius 3 is 2.87 bits per heavy atom.